The smallest absolute Gasteiger partial charge is 0.239 e. The number of carbonyl (C=O) groups excluding carboxylic acids is 1. The van der Waals surface area contributed by atoms with E-state index < -0.39 is 16.1 Å². The van der Waals surface area contributed by atoms with Crippen LogP contribution in [0.2, 0.25) is 5.02 Å². The molecule has 2 aromatic rings. The van der Waals surface area contributed by atoms with E-state index in [1.54, 1.807) is 18.2 Å². The maximum Gasteiger partial charge on any atom is 0.239 e. The molecule has 1 saturated heterocycles. The highest BCUT2D eigenvalue weighted by atomic mass is 35.5. The molecule has 1 amide bonds. The number of nitrogens with zero attached hydrogens (tertiary/aromatic N) is 1. The summed E-state index contributed by atoms with van der Waals surface area (Å²) in [5.41, 5.74) is 8.71. The summed E-state index contributed by atoms with van der Waals surface area (Å²) in [6, 6.07) is 14.2. The Morgan fingerprint density at radius 3 is 2.41 bits per heavy atom. The van der Waals surface area contributed by atoms with Crippen LogP contribution in [0.3, 0.4) is 0 Å². The second kappa shape index (κ2) is 9.15. The lowest BCUT2D eigenvalue weighted by Crippen LogP contribution is -2.47. The minimum atomic E-state index is -3.35. The fourth-order valence-corrected chi connectivity index (χ4v) is 4.46. The number of anilines is 1. The van der Waals surface area contributed by atoms with Crippen molar-refractivity contribution in [1.29, 1.82) is 0 Å². The number of likely N-dealkylation sites (tertiary alicyclic amines) is 1. The minimum absolute atomic E-state index is 0.0547. The number of para-hydroxylation sites is 1. The van der Waals surface area contributed by atoms with Crippen molar-refractivity contribution in [2.75, 3.05) is 24.1 Å². The minimum Gasteiger partial charge on any atom is -0.341 e. The number of nitrogens with one attached hydrogen (secondary N) is 1. The highest BCUT2D eigenvalue weighted by Crippen LogP contribution is 2.33. The van der Waals surface area contributed by atoms with Crippen LogP contribution in [0.4, 0.5) is 5.69 Å². The second-order valence-electron chi connectivity index (χ2n) is 7.50. The topological polar surface area (TPSA) is 92.5 Å². The van der Waals surface area contributed by atoms with E-state index in [1.165, 1.54) is 0 Å². The van der Waals surface area contributed by atoms with Gasteiger partial charge in [-0.1, -0.05) is 41.9 Å². The molecular formula is C21H26ClN3O3S. The number of hydrogen-bond acceptors (Lipinski definition) is 4. The van der Waals surface area contributed by atoms with Crippen LogP contribution in [-0.4, -0.2) is 44.6 Å². The van der Waals surface area contributed by atoms with Crippen LogP contribution in [-0.2, 0) is 21.2 Å². The van der Waals surface area contributed by atoms with Gasteiger partial charge < -0.3 is 10.6 Å². The highest BCUT2D eigenvalue weighted by Gasteiger charge is 2.28. The zero-order valence-electron chi connectivity index (χ0n) is 16.3. The summed E-state index contributed by atoms with van der Waals surface area (Å²) in [4.78, 5) is 14.6. The van der Waals surface area contributed by atoms with E-state index in [1.807, 2.05) is 35.2 Å². The lowest BCUT2D eigenvalue weighted by atomic mass is 9.88. The van der Waals surface area contributed by atoms with Gasteiger partial charge in [0.1, 0.15) is 0 Å². The highest BCUT2D eigenvalue weighted by molar-refractivity contribution is 7.92. The average Bonchev–Trinajstić information content (AvgIpc) is 2.68. The van der Waals surface area contributed by atoms with Crippen LogP contribution in [0.5, 0.6) is 0 Å². The summed E-state index contributed by atoms with van der Waals surface area (Å²) in [6.45, 7) is 1.20. The first-order valence-electron chi connectivity index (χ1n) is 9.58. The summed E-state index contributed by atoms with van der Waals surface area (Å²) in [6.07, 6.45) is 3.15. The quantitative estimate of drug-likeness (QED) is 0.729. The molecule has 0 aromatic heterocycles. The lowest BCUT2D eigenvalue weighted by Gasteiger charge is -2.34. The predicted molar refractivity (Wildman–Crippen MR) is 117 cm³/mol. The molecule has 0 unspecified atom stereocenters. The standard InChI is InChI=1S/C21H26ClN3O3S/c1-29(27,28)24-20-5-3-2-4-18(20)16-10-12-25(13-11-16)21(26)19(23)14-15-6-8-17(22)9-7-15/h2-9,16,19,24H,10-14,23H2,1H3/t19-/m1/s1. The number of carbonyl (C=O) groups is 1. The molecule has 1 fully saturated rings. The number of piperidine rings is 1. The van der Waals surface area contributed by atoms with Gasteiger partial charge in [0.15, 0.2) is 0 Å². The molecule has 0 aliphatic carbocycles. The van der Waals surface area contributed by atoms with Gasteiger partial charge in [0.25, 0.3) is 0 Å². The summed E-state index contributed by atoms with van der Waals surface area (Å²) < 4.78 is 25.9. The molecule has 29 heavy (non-hydrogen) atoms. The molecule has 3 N–H and O–H groups in total. The third-order valence-electron chi connectivity index (χ3n) is 5.19. The molecule has 0 bridgehead atoms. The largest absolute Gasteiger partial charge is 0.341 e. The van der Waals surface area contributed by atoms with E-state index in [0.717, 1.165) is 30.2 Å². The van der Waals surface area contributed by atoms with E-state index in [9.17, 15) is 13.2 Å². The lowest BCUT2D eigenvalue weighted by molar-refractivity contribution is -0.133. The van der Waals surface area contributed by atoms with Crippen LogP contribution >= 0.6 is 11.6 Å². The molecule has 3 rings (SSSR count). The number of nitrogens with two attached hydrogens (primary N) is 1. The molecule has 2 aromatic carbocycles. The van der Waals surface area contributed by atoms with Gasteiger partial charge in [-0.15, -0.1) is 0 Å². The molecule has 0 saturated carbocycles. The monoisotopic (exact) mass is 435 g/mol. The van der Waals surface area contributed by atoms with Crippen molar-refractivity contribution in [3.63, 3.8) is 0 Å². The first-order valence-corrected chi connectivity index (χ1v) is 11.9. The average molecular weight is 436 g/mol. The molecular weight excluding hydrogens is 410 g/mol. The Labute approximate surface area is 177 Å². The molecule has 1 heterocycles. The van der Waals surface area contributed by atoms with E-state index in [4.69, 9.17) is 17.3 Å². The number of amides is 1. The zero-order valence-corrected chi connectivity index (χ0v) is 17.9. The van der Waals surface area contributed by atoms with Crippen molar-refractivity contribution in [2.45, 2.75) is 31.2 Å². The summed E-state index contributed by atoms with van der Waals surface area (Å²) in [5, 5.41) is 0.654. The summed E-state index contributed by atoms with van der Waals surface area (Å²) in [5.74, 6) is 0.137. The van der Waals surface area contributed by atoms with Gasteiger partial charge >= 0.3 is 0 Å². The Kier molecular flexibility index (Phi) is 6.82. The first kappa shape index (κ1) is 21.6. The van der Waals surface area contributed by atoms with E-state index in [2.05, 4.69) is 4.72 Å². The Morgan fingerprint density at radius 1 is 1.17 bits per heavy atom. The Balaban J connectivity index is 1.60. The molecule has 1 atom stereocenters. The molecule has 0 radical (unpaired) electrons. The van der Waals surface area contributed by atoms with Gasteiger partial charge in [0.05, 0.1) is 18.0 Å². The normalized spacial score (nSPS) is 16.4. The number of sulfonamides is 1. The van der Waals surface area contributed by atoms with Crippen LogP contribution in [0, 0.1) is 0 Å². The van der Waals surface area contributed by atoms with Crippen LogP contribution in [0.25, 0.3) is 0 Å². The summed E-state index contributed by atoms with van der Waals surface area (Å²) in [7, 11) is -3.35. The van der Waals surface area contributed by atoms with Crippen LogP contribution in [0.1, 0.15) is 29.9 Å². The molecule has 1 aliphatic rings. The number of halogens is 1. The predicted octanol–water partition coefficient (Wildman–Crippen LogP) is 2.99. The SMILES string of the molecule is CS(=O)(=O)Nc1ccccc1C1CCN(C(=O)[C@H](N)Cc2ccc(Cl)cc2)CC1. The summed E-state index contributed by atoms with van der Waals surface area (Å²) >= 11 is 5.90. The third kappa shape index (κ3) is 5.95. The van der Waals surface area contributed by atoms with Crippen molar-refractivity contribution >= 4 is 33.2 Å². The number of benzene rings is 2. The van der Waals surface area contributed by atoms with Gasteiger partial charge in [-0.05, 0) is 54.5 Å². The van der Waals surface area contributed by atoms with Crippen molar-refractivity contribution in [3.8, 4) is 0 Å². The van der Waals surface area contributed by atoms with Gasteiger partial charge in [0.2, 0.25) is 15.9 Å². The fraction of sp³-hybridized carbons (Fsp3) is 0.381. The molecule has 6 nitrogen and oxygen atoms in total. The third-order valence-corrected chi connectivity index (χ3v) is 6.03. The Morgan fingerprint density at radius 2 is 1.79 bits per heavy atom. The Hall–Kier alpha value is -2.09. The fourth-order valence-electron chi connectivity index (χ4n) is 3.75. The second-order valence-corrected chi connectivity index (χ2v) is 9.68. The molecule has 8 heteroatoms. The van der Waals surface area contributed by atoms with Gasteiger partial charge in [-0.3, -0.25) is 9.52 Å². The maximum atomic E-state index is 12.8. The van der Waals surface area contributed by atoms with Gasteiger partial charge in [-0.25, -0.2) is 8.42 Å². The molecule has 1 aliphatic heterocycles. The Bertz CT molecular complexity index is 955. The maximum absolute atomic E-state index is 12.8. The van der Waals surface area contributed by atoms with E-state index in [-0.39, 0.29) is 11.8 Å². The van der Waals surface area contributed by atoms with Crippen LogP contribution < -0.4 is 10.5 Å². The molecule has 156 valence electrons. The zero-order chi connectivity index (χ0) is 21.0. The molecule has 0 spiro atoms. The number of rotatable bonds is 6. The van der Waals surface area contributed by atoms with E-state index >= 15 is 0 Å². The van der Waals surface area contributed by atoms with Crippen molar-refractivity contribution in [3.05, 3.63) is 64.7 Å². The van der Waals surface area contributed by atoms with Crippen molar-refractivity contribution in [2.24, 2.45) is 5.73 Å². The van der Waals surface area contributed by atoms with E-state index in [0.29, 0.717) is 30.2 Å². The van der Waals surface area contributed by atoms with Gasteiger partial charge in [0, 0.05) is 18.1 Å². The van der Waals surface area contributed by atoms with Crippen molar-refractivity contribution < 1.29 is 13.2 Å². The van der Waals surface area contributed by atoms with Crippen molar-refractivity contribution in [1.82, 2.24) is 4.90 Å². The van der Waals surface area contributed by atoms with Gasteiger partial charge in [-0.2, -0.15) is 0 Å². The first-order chi connectivity index (χ1) is 13.7. The number of hydrogen-bond donors (Lipinski definition) is 2. The van der Waals surface area contributed by atoms with Crippen LogP contribution in [0.15, 0.2) is 48.5 Å².